The first-order valence-electron chi connectivity index (χ1n) is 24.6. The number of esters is 2. The number of hydrogen-bond donors (Lipinski definition) is 3. The van der Waals surface area contributed by atoms with Crippen LogP contribution < -0.4 is 24.8 Å². The topological polar surface area (TPSA) is 257 Å². The fourth-order valence-electron chi connectivity index (χ4n) is 7.85. The number of phenols is 1. The molecule has 21 nitrogen and oxygen atoms in total. The number of hydrogen-bond acceptors (Lipinski definition) is 15. The zero-order valence-corrected chi connectivity index (χ0v) is 44.3. The fraction of sp³-hybridized carbons (Fsp3) is 0.463. The normalized spacial score (nSPS) is 13.9. The third-order valence-electron chi connectivity index (χ3n) is 12.8. The molecule has 3 aromatic carbocycles. The van der Waals surface area contributed by atoms with Crippen LogP contribution in [0.2, 0.25) is 0 Å². The highest BCUT2D eigenvalue weighted by Crippen LogP contribution is 2.34. The molecule has 6 amide bonds. The van der Waals surface area contributed by atoms with Crippen molar-refractivity contribution in [2.75, 3.05) is 81.3 Å². The number of carbonyl (C=O) groups excluding carboxylic acids is 9. The van der Waals surface area contributed by atoms with Crippen LogP contribution >= 0.6 is 0 Å². The number of Topliss-reactive ketones (excluding diaryl/α,β-unsaturated/α-hetero) is 1. The number of benzene rings is 3. The summed E-state index contributed by atoms with van der Waals surface area (Å²) in [5.74, 6) is -6.48. The highest BCUT2D eigenvalue weighted by atomic mass is 19.1. The number of amides is 6. The van der Waals surface area contributed by atoms with E-state index in [1.165, 1.54) is 83.5 Å². The second-order valence-electron chi connectivity index (χ2n) is 18.7. The van der Waals surface area contributed by atoms with Gasteiger partial charge in [-0.25, -0.2) is 14.0 Å². The number of rotatable bonds is 27. The van der Waals surface area contributed by atoms with E-state index in [0.717, 1.165) is 20.8 Å². The van der Waals surface area contributed by atoms with Crippen LogP contribution in [0.4, 0.5) is 4.39 Å². The van der Waals surface area contributed by atoms with Crippen molar-refractivity contribution in [2.24, 2.45) is 5.41 Å². The summed E-state index contributed by atoms with van der Waals surface area (Å²) >= 11 is 0. The van der Waals surface area contributed by atoms with E-state index >= 15 is 4.39 Å². The summed E-state index contributed by atoms with van der Waals surface area (Å²) in [6.45, 7) is 6.30. The molecule has 1 saturated heterocycles. The number of likely N-dealkylation sites (tertiary alicyclic amines) is 1. The number of likely N-dealkylation sites (N-methyl/N-ethyl adjacent to an activating group) is 3. The van der Waals surface area contributed by atoms with E-state index in [4.69, 9.17) is 23.7 Å². The second-order valence-corrected chi connectivity index (χ2v) is 18.7. The zero-order valence-electron chi connectivity index (χ0n) is 44.3. The van der Waals surface area contributed by atoms with Crippen molar-refractivity contribution >= 4 is 53.2 Å². The molecular formula is C54H69FN6O15. The van der Waals surface area contributed by atoms with Crippen LogP contribution in [0.25, 0.3) is 0 Å². The van der Waals surface area contributed by atoms with E-state index in [9.17, 15) is 48.3 Å². The maximum atomic E-state index is 15.5. The van der Waals surface area contributed by atoms with Crippen LogP contribution in [-0.2, 0) is 65.5 Å². The van der Waals surface area contributed by atoms with E-state index in [2.05, 4.69) is 17.2 Å². The average Bonchev–Trinajstić information content (AvgIpc) is 3.42. The highest BCUT2D eigenvalue weighted by molar-refractivity contribution is 6.38. The van der Waals surface area contributed by atoms with Crippen LogP contribution in [0, 0.1) is 11.2 Å². The van der Waals surface area contributed by atoms with Gasteiger partial charge in [0.25, 0.3) is 11.8 Å². The molecule has 4 rings (SSSR count). The Bertz CT molecular complexity index is 2590. The van der Waals surface area contributed by atoms with Crippen LogP contribution in [-0.4, -0.2) is 171 Å². The smallest absolute Gasteiger partial charge is 0.330 e. The third-order valence-corrected chi connectivity index (χ3v) is 12.8. The molecule has 3 aromatic rings. The lowest BCUT2D eigenvalue weighted by molar-refractivity contribution is -0.165. The van der Waals surface area contributed by atoms with Gasteiger partial charge in [0.2, 0.25) is 29.4 Å². The fourth-order valence-corrected chi connectivity index (χ4v) is 7.85. The lowest BCUT2D eigenvalue weighted by Crippen LogP contribution is -2.53. The summed E-state index contributed by atoms with van der Waals surface area (Å²) in [6.07, 6.45) is 0.946. The number of nitrogens with zero attached hydrogens (tertiary/aromatic N) is 4. The molecule has 1 fully saturated rings. The molecule has 0 unspecified atom stereocenters. The Balaban J connectivity index is 1.54. The molecule has 412 valence electrons. The van der Waals surface area contributed by atoms with Crippen molar-refractivity contribution in [3.63, 3.8) is 0 Å². The largest absolute Gasteiger partial charge is 0.508 e. The minimum Gasteiger partial charge on any atom is -0.508 e. The Morgan fingerprint density at radius 2 is 1.54 bits per heavy atom. The van der Waals surface area contributed by atoms with E-state index in [1.54, 1.807) is 38.2 Å². The molecule has 22 heteroatoms. The van der Waals surface area contributed by atoms with Crippen molar-refractivity contribution in [3.8, 4) is 23.0 Å². The number of phenolic OH excluding ortho intramolecular Hbond substituents is 1. The molecule has 0 aromatic heterocycles. The van der Waals surface area contributed by atoms with Gasteiger partial charge in [0.15, 0.2) is 18.1 Å². The van der Waals surface area contributed by atoms with Crippen molar-refractivity contribution < 1.29 is 76.3 Å². The Labute approximate surface area is 441 Å². The van der Waals surface area contributed by atoms with Crippen molar-refractivity contribution in [2.45, 2.75) is 77.5 Å². The quantitative estimate of drug-likeness (QED) is 0.0563. The second kappa shape index (κ2) is 28.6. The first-order chi connectivity index (χ1) is 36.0. The van der Waals surface area contributed by atoms with E-state index in [1.807, 2.05) is 0 Å². The molecule has 0 radical (unpaired) electrons. The zero-order chi connectivity index (χ0) is 56.3. The van der Waals surface area contributed by atoms with Gasteiger partial charge in [0.05, 0.1) is 39.3 Å². The highest BCUT2D eigenvalue weighted by Gasteiger charge is 2.42. The van der Waals surface area contributed by atoms with E-state index in [-0.39, 0.29) is 73.2 Å². The maximum absolute atomic E-state index is 15.5. The van der Waals surface area contributed by atoms with Crippen molar-refractivity contribution in [1.82, 2.24) is 30.2 Å². The number of piperidine rings is 1. The summed E-state index contributed by atoms with van der Waals surface area (Å²) in [5, 5.41) is 14.9. The van der Waals surface area contributed by atoms with Crippen LogP contribution in [0.5, 0.6) is 23.0 Å². The van der Waals surface area contributed by atoms with Crippen LogP contribution in [0.15, 0.2) is 73.3 Å². The van der Waals surface area contributed by atoms with Gasteiger partial charge in [0, 0.05) is 52.8 Å². The maximum Gasteiger partial charge on any atom is 0.330 e. The monoisotopic (exact) mass is 1060 g/mol. The summed E-state index contributed by atoms with van der Waals surface area (Å²) < 4.78 is 43.3. The first-order valence-corrected chi connectivity index (χ1v) is 24.6. The average molecular weight is 1060 g/mol. The number of halogens is 1. The summed E-state index contributed by atoms with van der Waals surface area (Å²) in [6, 6.07) is 12.4. The number of methoxy groups -OCH3 is 2. The van der Waals surface area contributed by atoms with Gasteiger partial charge in [-0.15, -0.1) is 0 Å². The Kier molecular flexibility index (Phi) is 22.8. The predicted molar refractivity (Wildman–Crippen MR) is 273 cm³/mol. The molecule has 0 saturated carbocycles. The molecule has 3 atom stereocenters. The van der Waals surface area contributed by atoms with Gasteiger partial charge < -0.3 is 59.0 Å². The number of nitrogens with one attached hydrogen (secondary N) is 2. The van der Waals surface area contributed by atoms with Gasteiger partial charge in [0.1, 0.15) is 42.1 Å². The van der Waals surface area contributed by atoms with E-state index < -0.39 is 103 Å². The lowest BCUT2D eigenvalue weighted by Gasteiger charge is -2.36. The summed E-state index contributed by atoms with van der Waals surface area (Å²) in [5.41, 5.74) is -0.322. The molecule has 3 N–H and O–H groups in total. The molecule has 0 bridgehead atoms. The number of aromatic hydroxyl groups is 1. The van der Waals surface area contributed by atoms with Gasteiger partial charge in [-0.2, -0.15) is 0 Å². The van der Waals surface area contributed by atoms with Crippen molar-refractivity contribution in [3.05, 3.63) is 95.8 Å². The number of ketones is 1. The van der Waals surface area contributed by atoms with E-state index in [0.29, 0.717) is 30.5 Å². The molecule has 1 aliphatic rings. The third kappa shape index (κ3) is 17.3. The van der Waals surface area contributed by atoms with Crippen LogP contribution in [0.3, 0.4) is 0 Å². The van der Waals surface area contributed by atoms with Gasteiger partial charge in [-0.05, 0) is 99.9 Å². The molecular weight excluding hydrogens is 992 g/mol. The van der Waals surface area contributed by atoms with Crippen LogP contribution in [0.1, 0.15) is 69.2 Å². The molecule has 1 heterocycles. The minimum absolute atomic E-state index is 0.00289. The Morgan fingerprint density at radius 1 is 0.882 bits per heavy atom. The summed E-state index contributed by atoms with van der Waals surface area (Å²) in [7, 11) is 7.07. The Morgan fingerprint density at radius 3 is 2.20 bits per heavy atom. The lowest BCUT2D eigenvalue weighted by atomic mass is 9.87. The van der Waals surface area contributed by atoms with Gasteiger partial charge in [-0.3, -0.25) is 33.6 Å². The SMILES string of the molecule is C=CC(=O)OCC(C)(C)C(=O)C(=O)N1CCCC[C@H]1C(=O)O[C@H](CCc1cc(OC)c(OC)cc1F)c1cccc(OCC(=O)N(C)[C@@H](Cc2ccc(O)cc2)C(=O)NCC(=O)N(C)CC(=O)NCC(=O)N(C)CC)c1. The first kappa shape index (κ1) is 60.5. The molecule has 76 heavy (non-hydrogen) atoms. The Hall–Kier alpha value is -8.04. The van der Waals surface area contributed by atoms with Gasteiger partial charge >= 0.3 is 11.9 Å². The standard InChI is InChI=1S/C54H69FN6O15/c1-10-49(67)75-33-54(3,4)50(68)52(70)61-24-13-12-17-40(61)53(71)76-42(23-20-35-27-43(72-8)44(73-9)28-39(35)55)36-15-14-16-38(26-36)74-32-48(66)60(7)41(25-34-18-21-37(62)22-19-34)51(69)57-30-47(65)59(6)31-45(63)56-29-46(64)58(5)11-2/h10,14-16,18-19,21-22,26-28,40-42,62H,1,11-13,17,20,23-25,29-33H2,2-9H3,(H,56,63)(H,57,69)/t40-,41-,42+/m0/s1. The number of ether oxygens (including phenoxy) is 5. The molecule has 1 aliphatic heterocycles. The van der Waals surface area contributed by atoms with Gasteiger partial charge in [-0.1, -0.05) is 30.8 Å². The molecule has 0 spiro atoms. The number of aryl methyl sites for hydroxylation is 1. The summed E-state index contributed by atoms with van der Waals surface area (Å²) in [4.78, 5) is 123. The minimum atomic E-state index is -1.44. The molecule has 0 aliphatic carbocycles. The van der Waals surface area contributed by atoms with Crippen molar-refractivity contribution in [1.29, 1.82) is 0 Å². The predicted octanol–water partition coefficient (Wildman–Crippen LogP) is 3.09. The number of carbonyl (C=O) groups is 9.